The molecule has 7 heteroatoms. The molecule has 1 amide bonds. The van der Waals surface area contributed by atoms with Crippen molar-refractivity contribution >= 4 is 17.5 Å². The van der Waals surface area contributed by atoms with Gasteiger partial charge in [-0.25, -0.2) is 4.79 Å². The van der Waals surface area contributed by atoms with Gasteiger partial charge in [0.05, 0.1) is 0 Å². The number of nitrogens with one attached hydrogen (secondary N) is 1. The van der Waals surface area contributed by atoms with Crippen molar-refractivity contribution < 1.29 is 9.53 Å². The van der Waals surface area contributed by atoms with E-state index in [2.05, 4.69) is 5.32 Å². The van der Waals surface area contributed by atoms with Crippen LogP contribution in [0.25, 0.3) is 0 Å². The second kappa shape index (κ2) is 5.38. The zero-order chi connectivity index (χ0) is 15.8. The van der Waals surface area contributed by atoms with Crippen LogP contribution in [-0.4, -0.2) is 49.8 Å². The monoisotopic (exact) mass is 295 g/mol. The first kappa shape index (κ1) is 15.3. The lowest BCUT2D eigenvalue weighted by molar-refractivity contribution is 0.0240. The van der Waals surface area contributed by atoms with E-state index in [1.54, 1.807) is 11.9 Å². The topological polar surface area (TPSA) is 79.0 Å². The molecule has 0 spiro atoms. The molecule has 1 N–H and O–H groups in total. The number of hydrogen-bond donors (Lipinski definition) is 1. The second-order valence-corrected chi connectivity index (χ2v) is 6.09. The van der Waals surface area contributed by atoms with E-state index in [0.717, 1.165) is 0 Å². The number of carbonyl (C=O) groups excluding carboxylic acids is 1. The summed E-state index contributed by atoms with van der Waals surface area (Å²) in [4.78, 5) is 38.4. The summed E-state index contributed by atoms with van der Waals surface area (Å²) in [5, 5.41) is 2.76. The molecule has 0 radical (unpaired) electrons. The van der Waals surface area contributed by atoms with Gasteiger partial charge >= 0.3 is 6.09 Å². The Morgan fingerprint density at radius 3 is 2.14 bits per heavy atom. The van der Waals surface area contributed by atoms with Gasteiger partial charge in [-0.2, -0.15) is 0 Å². The number of piperazine rings is 1. The molecule has 1 aliphatic rings. The van der Waals surface area contributed by atoms with E-state index in [-0.39, 0.29) is 6.09 Å². The number of hydrogen-bond acceptors (Lipinski definition) is 6. The Bertz CT molecular complexity index is 602. The third-order valence-corrected chi connectivity index (χ3v) is 3.38. The molecule has 0 bridgehead atoms. The van der Waals surface area contributed by atoms with Gasteiger partial charge in [0.25, 0.3) is 10.9 Å². The fraction of sp³-hybridized carbons (Fsp3) is 0.643. The van der Waals surface area contributed by atoms with E-state index in [1.807, 2.05) is 25.7 Å². The number of nitrogens with zero attached hydrogens (tertiary/aromatic N) is 2. The highest BCUT2D eigenvalue weighted by atomic mass is 16.6. The first-order valence-corrected chi connectivity index (χ1v) is 6.98. The SMILES string of the molecule is CNc1c(N2CCN(C(=O)OC(C)(C)C)CC2)c(=O)c1=O. The maximum Gasteiger partial charge on any atom is 0.410 e. The van der Waals surface area contributed by atoms with Gasteiger partial charge in [0.1, 0.15) is 17.0 Å². The highest BCUT2D eigenvalue weighted by Gasteiger charge is 2.30. The van der Waals surface area contributed by atoms with Crippen molar-refractivity contribution in [3.63, 3.8) is 0 Å². The highest BCUT2D eigenvalue weighted by Crippen LogP contribution is 2.21. The van der Waals surface area contributed by atoms with Crippen molar-refractivity contribution in [2.75, 3.05) is 43.4 Å². The van der Waals surface area contributed by atoms with Crippen LogP contribution >= 0.6 is 0 Å². The standard InChI is InChI=1S/C14H21N3O4/c1-14(2,3)21-13(20)17-7-5-16(6-8-17)10-9(15-4)11(18)12(10)19/h15H,5-8H2,1-4H3. The molecule has 116 valence electrons. The summed E-state index contributed by atoms with van der Waals surface area (Å²) in [5.74, 6) is 0. The predicted octanol–water partition coefficient (Wildman–Crippen LogP) is 0.381. The Balaban J connectivity index is 1.98. The van der Waals surface area contributed by atoms with Gasteiger partial charge in [-0.3, -0.25) is 9.59 Å². The van der Waals surface area contributed by atoms with Crippen LogP contribution in [0.4, 0.5) is 16.2 Å². The number of carbonyl (C=O) groups is 1. The van der Waals surface area contributed by atoms with E-state index in [1.165, 1.54) is 0 Å². The maximum atomic E-state index is 12.0. The summed E-state index contributed by atoms with van der Waals surface area (Å²) in [6.07, 6.45) is -0.346. The number of amides is 1. The van der Waals surface area contributed by atoms with E-state index >= 15 is 0 Å². The number of ether oxygens (including phenoxy) is 1. The molecule has 1 aliphatic heterocycles. The lowest BCUT2D eigenvalue weighted by atomic mass is 10.1. The van der Waals surface area contributed by atoms with Gasteiger partial charge in [-0.15, -0.1) is 0 Å². The smallest absolute Gasteiger partial charge is 0.410 e. The van der Waals surface area contributed by atoms with E-state index in [4.69, 9.17) is 4.74 Å². The summed E-state index contributed by atoms with van der Waals surface area (Å²) >= 11 is 0. The fourth-order valence-electron chi connectivity index (χ4n) is 2.35. The van der Waals surface area contributed by atoms with E-state index < -0.39 is 16.5 Å². The molecule has 0 unspecified atom stereocenters. The Labute approximate surface area is 123 Å². The highest BCUT2D eigenvalue weighted by molar-refractivity contribution is 5.75. The van der Waals surface area contributed by atoms with E-state index in [0.29, 0.717) is 37.6 Å². The summed E-state index contributed by atoms with van der Waals surface area (Å²) in [7, 11) is 1.62. The summed E-state index contributed by atoms with van der Waals surface area (Å²) < 4.78 is 5.32. The Hall–Kier alpha value is -2.05. The van der Waals surface area contributed by atoms with Gasteiger partial charge in [0, 0.05) is 33.2 Å². The molecule has 21 heavy (non-hydrogen) atoms. The molecular weight excluding hydrogens is 274 g/mol. The van der Waals surface area contributed by atoms with Crippen LogP contribution in [0, 0.1) is 0 Å². The van der Waals surface area contributed by atoms with Gasteiger partial charge in [-0.1, -0.05) is 0 Å². The molecule has 1 heterocycles. The van der Waals surface area contributed by atoms with Gasteiger partial charge in [0.15, 0.2) is 0 Å². The first-order chi connectivity index (χ1) is 9.74. The number of rotatable bonds is 2. The van der Waals surface area contributed by atoms with Crippen LogP contribution < -0.4 is 21.1 Å². The van der Waals surface area contributed by atoms with Crippen molar-refractivity contribution in [1.82, 2.24) is 4.90 Å². The molecule has 0 atom stereocenters. The molecule has 0 aromatic heterocycles. The molecule has 7 nitrogen and oxygen atoms in total. The van der Waals surface area contributed by atoms with Gasteiger partial charge in [0.2, 0.25) is 0 Å². The van der Waals surface area contributed by atoms with Crippen molar-refractivity contribution in [1.29, 1.82) is 0 Å². The van der Waals surface area contributed by atoms with Gasteiger partial charge in [-0.05, 0) is 20.8 Å². The first-order valence-electron chi connectivity index (χ1n) is 6.98. The summed E-state index contributed by atoms with van der Waals surface area (Å²) in [5.41, 5.74) is -0.643. The van der Waals surface area contributed by atoms with Crippen LogP contribution in [-0.2, 0) is 4.74 Å². The minimum absolute atomic E-state index is 0.346. The van der Waals surface area contributed by atoms with Crippen molar-refractivity contribution in [2.24, 2.45) is 0 Å². The zero-order valence-corrected chi connectivity index (χ0v) is 12.9. The van der Waals surface area contributed by atoms with Crippen molar-refractivity contribution in [3.8, 4) is 0 Å². The third kappa shape index (κ3) is 3.01. The Morgan fingerprint density at radius 1 is 1.10 bits per heavy atom. The molecule has 1 fully saturated rings. The Kier molecular flexibility index (Phi) is 3.93. The van der Waals surface area contributed by atoms with Crippen LogP contribution in [0.2, 0.25) is 0 Å². The lowest BCUT2D eigenvalue weighted by Gasteiger charge is -2.37. The molecule has 1 saturated heterocycles. The summed E-state index contributed by atoms with van der Waals surface area (Å²) in [6, 6.07) is 0. The van der Waals surface area contributed by atoms with Gasteiger partial charge < -0.3 is 19.9 Å². The number of anilines is 2. The average molecular weight is 295 g/mol. The zero-order valence-electron chi connectivity index (χ0n) is 12.9. The minimum atomic E-state index is -0.521. The normalized spacial score (nSPS) is 16.2. The van der Waals surface area contributed by atoms with Crippen LogP contribution in [0.5, 0.6) is 0 Å². The van der Waals surface area contributed by atoms with Crippen LogP contribution in [0.3, 0.4) is 0 Å². The second-order valence-electron chi connectivity index (χ2n) is 6.09. The minimum Gasteiger partial charge on any atom is -0.444 e. The largest absolute Gasteiger partial charge is 0.444 e. The lowest BCUT2D eigenvalue weighted by Crippen LogP contribution is -2.53. The predicted molar refractivity (Wildman–Crippen MR) is 80.9 cm³/mol. The van der Waals surface area contributed by atoms with Crippen LogP contribution in [0.15, 0.2) is 9.59 Å². The third-order valence-electron chi connectivity index (χ3n) is 3.38. The van der Waals surface area contributed by atoms with Crippen molar-refractivity contribution in [2.45, 2.75) is 26.4 Å². The van der Waals surface area contributed by atoms with Crippen molar-refractivity contribution in [3.05, 3.63) is 20.4 Å². The molecule has 0 aliphatic carbocycles. The fourth-order valence-corrected chi connectivity index (χ4v) is 2.35. The van der Waals surface area contributed by atoms with Crippen LogP contribution in [0.1, 0.15) is 20.8 Å². The summed E-state index contributed by atoms with van der Waals surface area (Å²) in [6.45, 7) is 7.43. The molecule has 2 rings (SSSR count). The molecule has 1 aromatic rings. The average Bonchev–Trinajstić information content (AvgIpc) is 2.41. The molecule has 0 saturated carbocycles. The van der Waals surface area contributed by atoms with E-state index in [9.17, 15) is 14.4 Å². The molecule has 1 aromatic carbocycles. The quantitative estimate of drug-likeness (QED) is 0.795. The Morgan fingerprint density at radius 2 is 1.67 bits per heavy atom. The maximum absolute atomic E-state index is 12.0. The molecular formula is C14H21N3O4.